The highest BCUT2D eigenvalue weighted by atomic mass is 16.6. The molecule has 1 fully saturated rings. The molecule has 0 aliphatic carbocycles. The Bertz CT molecular complexity index is 908. The largest absolute Gasteiger partial charge is 0.459 e. The zero-order valence-electron chi connectivity index (χ0n) is 17.7. The molecule has 3 rings (SSSR count). The molecule has 6 nitrogen and oxygen atoms in total. The number of anilines is 1. The van der Waals surface area contributed by atoms with Crippen LogP contribution in [0.4, 0.5) is 5.69 Å². The molecule has 0 radical (unpaired) electrons. The van der Waals surface area contributed by atoms with Crippen LogP contribution in [0.5, 0.6) is 0 Å². The molecule has 158 valence electrons. The van der Waals surface area contributed by atoms with Crippen molar-refractivity contribution in [2.45, 2.75) is 39.2 Å². The van der Waals surface area contributed by atoms with Crippen molar-refractivity contribution >= 4 is 23.3 Å². The first-order chi connectivity index (χ1) is 14.2. The van der Waals surface area contributed by atoms with Gasteiger partial charge in [0.15, 0.2) is 5.78 Å². The molecule has 0 spiro atoms. The van der Waals surface area contributed by atoms with Gasteiger partial charge in [-0.1, -0.05) is 30.3 Å². The van der Waals surface area contributed by atoms with Crippen molar-refractivity contribution in [1.82, 2.24) is 5.32 Å². The lowest BCUT2D eigenvalue weighted by molar-refractivity contribution is -0.171. The van der Waals surface area contributed by atoms with E-state index in [0.29, 0.717) is 42.7 Å². The van der Waals surface area contributed by atoms with Crippen LogP contribution in [-0.2, 0) is 14.3 Å². The Kier molecular flexibility index (Phi) is 6.37. The summed E-state index contributed by atoms with van der Waals surface area (Å²) in [6.45, 7) is 6.51. The SMILES string of the molecule is CC(C)(C)OC(=O)C1(C(=O)Nc2ccc(C(=O)c3ccccc3)cc2)CCNCC1. The topological polar surface area (TPSA) is 84.5 Å². The fourth-order valence-electron chi connectivity index (χ4n) is 3.47. The Morgan fingerprint density at radius 3 is 2.03 bits per heavy atom. The number of hydrogen-bond donors (Lipinski definition) is 2. The number of carbonyl (C=O) groups excluding carboxylic acids is 3. The van der Waals surface area contributed by atoms with Crippen LogP contribution in [0.15, 0.2) is 54.6 Å². The zero-order chi connectivity index (χ0) is 21.8. The van der Waals surface area contributed by atoms with Crippen molar-refractivity contribution in [2.24, 2.45) is 5.41 Å². The number of ketones is 1. The van der Waals surface area contributed by atoms with Gasteiger partial charge in [-0.15, -0.1) is 0 Å². The third-order valence-electron chi connectivity index (χ3n) is 5.12. The molecule has 1 amide bonds. The first-order valence-electron chi connectivity index (χ1n) is 10.2. The van der Waals surface area contributed by atoms with Crippen LogP contribution in [0.2, 0.25) is 0 Å². The van der Waals surface area contributed by atoms with E-state index in [1.54, 1.807) is 57.2 Å². The maximum absolute atomic E-state index is 13.2. The van der Waals surface area contributed by atoms with Crippen molar-refractivity contribution in [2.75, 3.05) is 18.4 Å². The van der Waals surface area contributed by atoms with Crippen LogP contribution >= 0.6 is 0 Å². The van der Waals surface area contributed by atoms with E-state index in [1.807, 2.05) is 18.2 Å². The number of rotatable bonds is 5. The maximum Gasteiger partial charge on any atom is 0.322 e. The molecule has 2 aromatic carbocycles. The molecule has 1 saturated heterocycles. The van der Waals surface area contributed by atoms with Crippen LogP contribution in [0.25, 0.3) is 0 Å². The highest BCUT2D eigenvalue weighted by Gasteiger charge is 2.49. The van der Waals surface area contributed by atoms with E-state index in [9.17, 15) is 14.4 Å². The van der Waals surface area contributed by atoms with E-state index >= 15 is 0 Å². The summed E-state index contributed by atoms with van der Waals surface area (Å²) in [5.74, 6) is -0.956. The van der Waals surface area contributed by atoms with Gasteiger partial charge in [-0.25, -0.2) is 0 Å². The van der Waals surface area contributed by atoms with Crippen molar-refractivity contribution < 1.29 is 19.1 Å². The van der Waals surface area contributed by atoms with Crippen LogP contribution in [0.3, 0.4) is 0 Å². The summed E-state index contributed by atoms with van der Waals surface area (Å²) >= 11 is 0. The van der Waals surface area contributed by atoms with E-state index in [1.165, 1.54) is 0 Å². The molecule has 0 atom stereocenters. The van der Waals surface area contributed by atoms with Gasteiger partial charge in [0, 0.05) is 16.8 Å². The Morgan fingerprint density at radius 1 is 0.900 bits per heavy atom. The van der Waals surface area contributed by atoms with Gasteiger partial charge in [-0.05, 0) is 71.0 Å². The molecule has 0 aromatic heterocycles. The zero-order valence-corrected chi connectivity index (χ0v) is 17.7. The number of amides is 1. The Labute approximate surface area is 177 Å². The molecule has 2 N–H and O–H groups in total. The molecule has 30 heavy (non-hydrogen) atoms. The normalized spacial score (nSPS) is 15.8. The number of hydrogen-bond acceptors (Lipinski definition) is 5. The third kappa shape index (κ3) is 4.94. The summed E-state index contributed by atoms with van der Waals surface area (Å²) in [5.41, 5.74) is -0.229. The second-order valence-electron chi connectivity index (χ2n) is 8.56. The molecule has 1 aliphatic rings. The van der Waals surface area contributed by atoms with Crippen molar-refractivity contribution in [3.05, 3.63) is 65.7 Å². The Hall–Kier alpha value is -2.99. The maximum atomic E-state index is 13.2. The predicted octanol–water partition coefficient (Wildman–Crippen LogP) is 3.57. The lowest BCUT2D eigenvalue weighted by Crippen LogP contribution is -2.52. The minimum Gasteiger partial charge on any atom is -0.459 e. The molecule has 6 heteroatoms. The predicted molar refractivity (Wildman–Crippen MR) is 115 cm³/mol. The number of carbonyl (C=O) groups is 3. The Balaban J connectivity index is 1.76. The number of esters is 1. The molecule has 1 heterocycles. The van der Waals surface area contributed by atoms with Gasteiger partial charge in [0.05, 0.1) is 0 Å². The fraction of sp³-hybridized carbons (Fsp3) is 0.375. The molecular formula is C24H28N2O4. The monoisotopic (exact) mass is 408 g/mol. The molecule has 0 saturated carbocycles. The average Bonchev–Trinajstić information content (AvgIpc) is 2.73. The molecule has 2 aromatic rings. The smallest absolute Gasteiger partial charge is 0.322 e. The minimum atomic E-state index is -1.23. The van der Waals surface area contributed by atoms with Gasteiger partial charge in [-0.3, -0.25) is 14.4 Å². The second kappa shape index (κ2) is 8.79. The number of benzene rings is 2. The van der Waals surface area contributed by atoms with E-state index in [-0.39, 0.29) is 11.7 Å². The summed E-state index contributed by atoms with van der Waals surface area (Å²) in [6.07, 6.45) is 0.747. The molecule has 0 bridgehead atoms. The third-order valence-corrected chi connectivity index (χ3v) is 5.12. The van der Waals surface area contributed by atoms with E-state index in [4.69, 9.17) is 4.74 Å². The highest BCUT2D eigenvalue weighted by Crippen LogP contribution is 2.34. The summed E-state index contributed by atoms with van der Waals surface area (Å²) in [5, 5.41) is 6.03. The standard InChI is InChI=1S/C24H28N2O4/c1-23(2,3)30-22(29)24(13-15-25-16-14-24)21(28)26-19-11-9-18(10-12-19)20(27)17-7-5-4-6-8-17/h4-12,25H,13-16H2,1-3H3,(H,26,28). The lowest BCUT2D eigenvalue weighted by Gasteiger charge is -2.36. The lowest BCUT2D eigenvalue weighted by atomic mass is 9.77. The highest BCUT2D eigenvalue weighted by molar-refractivity contribution is 6.10. The van der Waals surface area contributed by atoms with Gasteiger partial charge in [0.2, 0.25) is 5.91 Å². The van der Waals surface area contributed by atoms with Gasteiger partial charge in [0.25, 0.3) is 0 Å². The van der Waals surface area contributed by atoms with Crippen molar-refractivity contribution in [3.8, 4) is 0 Å². The average molecular weight is 408 g/mol. The molecule has 0 unspecified atom stereocenters. The summed E-state index contributed by atoms with van der Waals surface area (Å²) in [7, 11) is 0. The molecular weight excluding hydrogens is 380 g/mol. The van der Waals surface area contributed by atoms with Gasteiger partial charge < -0.3 is 15.4 Å². The molecule has 1 aliphatic heterocycles. The first-order valence-corrected chi connectivity index (χ1v) is 10.2. The van der Waals surface area contributed by atoms with E-state index in [2.05, 4.69) is 10.6 Å². The van der Waals surface area contributed by atoms with Gasteiger partial charge in [0.1, 0.15) is 11.0 Å². The van der Waals surface area contributed by atoms with Crippen LogP contribution in [-0.4, -0.2) is 36.4 Å². The quantitative estimate of drug-likeness (QED) is 0.449. The van der Waals surface area contributed by atoms with Gasteiger partial charge >= 0.3 is 5.97 Å². The minimum absolute atomic E-state index is 0.0861. The first kappa shape index (κ1) is 21.7. The summed E-state index contributed by atoms with van der Waals surface area (Å²) in [6, 6.07) is 15.7. The summed E-state index contributed by atoms with van der Waals surface area (Å²) in [4.78, 5) is 38.6. The van der Waals surface area contributed by atoms with Gasteiger partial charge in [-0.2, -0.15) is 0 Å². The fourth-order valence-corrected chi connectivity index (χ4v) is 3.47. The van der Waals surface area contributed by atoms with E-state index in [0.717, 1.165) is 0 Å². The van der Waals surface area contributed by atoms with Crippen LogP contribution in [0.1, 0.15) is 49.5 Å². The van der Waals surface area contributed by atoms with Crippen LogP contribution in [0, 0.1) is 5.41 Å². The number of piperidine rings is 1. The van der Waals surface area contributed by atoms with E-state index < -0.39 is 17.0 Å². The number of ether oxygens (including phenoxy) is 1. The number of nitrogens with one attached hydrogen (secondary N) is 2. The second-order valence-corrected chi connectivity index (χ2v) is 8.56. The Morgan fingerprint density at radius 2 is 1.47 bits per heavy atom. The summed E-state index contributed by atoms with van der Waals surface area (Å²) < 4.78 is 5.57. The van der Waals surface area contributed by atoms with Crippen molar-refractivity contribution in [3.63, 3.8) is 0 Å². The van der Waals surface area contributed by atoms with Crippen molar-refractivity contribution in [1.29, 1.82) is 0 Å². The van der Waals surface area contributed by atoms with Crippen LogP contribution < -0.4 is 10.6 Å².